The largest absolute Gasteiger partial charge is 0.573 e. The number of ether oxygens (including phenoxy) is 1. The Bertz CT molecular complexity index is 599. The quantitative estimate of drug-likeness (QED) is 0.775. The highest BCUT2D eigenvalue weighted by Crippen LogP contribution is 2.26. The van der Waals surface area contributed by atoms with E-state index in [0.29, 0.717) is 0 Å². The van der Waals surface area contributed by atoms with E-state index >= 15 is 0 Å². The average Bonchev–Trinajstić information content (AvgIpc) is 2.37. The van der Waals surface area contributed by atoms with Gasteiger partial charge in [-0.25, -0.2) is 0 Å². The fourth-order valence-electron chi connectivity index (χ4n) is 1.87. The lowest BCUT2D eigenvalue weighted by Crippen LogP contribution is -2.17. The smallest absolute Gasteiger partial charge is 0.406 e. The fraction of sp³-hybridized carbons (Fsp3) is 0.200. The van der Waals surface area contributed by atoms with Gasteiger partial charge in [0.2, 0.25) is 0 Å². The summed E-state index contributed by atoms with van der Waals surface area (Å²) in [5, 5.41) is 3.27. The molecular weight excluding hydrogens is 347 g/mol. The molecule has 6 heteroatoms. The third kappa shape index (κ3) is 4.97. The molecule has 0 amide bonds. The minimum absolute atomic E-state index is 0.0424. The van der Waals surface area contributed by atoms with Crippen molar-refractivity contribution in [2.24, 2.45) is 0 Å². The second-order valence-electron chi connectivity index (χ2n) is 4.49. The predicted molar refractivity (Wildman–Crippen MR) is 79.3 cm³/mol. The molecule has 0 spiro atoms. The van der Waals surface area contributed by atoms with Gasteiger partial charge >= 0.3 is 6.36 Å². The lowest BCUT2D eigenvalue weighted by atomic mass is 10.1. The second-order valence-corrected chi connectivity index (χ2v) is 5.41. The van der Waals surface area contributed by atoms with Crippen molar-refractivity contribution in [2.45, 2.75) is 19.3 Å². The normalized spacial score (nSPS) is 12.8. The monoisotopic (exact) mass is 359 g/mol. The van der Waals surface area contributed by atoms with Crippen LogP contribution in [0.1, 0.15) is 18.5 Å². The lowest BCUT2D eigenvalue weighted by molar-refractivity contribution is -0.274. The van der Waals surface area contributed by atoms with Crippen molar-refractivity contribution in [3.05, 3.63) is 58.6 Å². The van der Waals surface area contributed by atoms with Gasteiger partial charge in [-0.15, -0.1) is 13.2 Å². The number of halogens is 4. The van der Waals surface area contributed by atoms with Crippen LogP contribution in [-0.4, -0.2) is 6.36 Å². The van der Waals surface area contributed by atoms with E-state index in [2.05, 4.69) is 26.0 Å². The Morgan fingerprint density at radius 2 is 1.76 bits per heavy atom. The number of nitrogens with one attached hydrogen (secondary N) is 1. The van der Waals surface area contributed by atoms with Crippen molar-refractivity contribution in [3.63, 3.8) is 0 Å². The molecule has 112 valence electrons. The zero-order chi connectivity index (χ0) is 15.5. The van der Waals surface area contributed by atoms with E-state index in [9.17, 15) is 13.2 Å². The van der Waals surface area contributed by atoms with Gasteiger partial charge < -0.3 is 10.1 Å². The van der Waals surface area contributed by atoms with Gasteiger partial charge in [-0.3, -0.25) is 0 Å². The molecule has 0 fully saturated rings. The van der Waals surface area contributed by atoms with Gasteiger partial charge in [0.25, 0.3) is 0 Å². The Balaban J connectivity index is 2.04. The molecule has 2 rings (SSSR count). The summed E-state index contributed by atoms with van der Waals surface area (Å²) in [6.07, 6.45) is -4.66. The summed E-state index contributed by atoms with van der Waals surface area (Å²) >= 11 is 3.38. The van der Waals surface area contributed by atoms with E-state index in [-0.39, 0.29) is 11.8 Å². The Labute approximate surface area is 129 Å². The van der Waals surface area contributed by atoms with Crippen molar-refractivity contribution >= 4 is 21.6 Å². The molecule has 0 aliphatic heterocycles. The molecule has 0 aliphatic carbocycles. The van der Waals surface area contributed by atoms with Crippen LogP contribution in [0.3, 0.4) is 0 Å². The first-order valence-electron chi connectivity index (χ1n) is 6.21. The number of rotatable bonds is 4. The summed E-state index contributed by atoms with van der Waals surface area (Å²) in [4.78, 5) is 0. The SMILES string of the molecule is CC(Nc1cccc(Br)c1)c1ccc(OC(F)(F)F)cc1. The van der Waals surface area contributed by atoms with Crippen molar-refractivity contribution in [2.75, 3.05) is 5.32 Å². The Hall–Kier alpha value is -1.69. The van der Waals surface area contributed by atoms with Crippen LogP contribution in [0.4, 0.5) is 18.9 Å². The zero-order valence-corrected chi connectivity index (χ0v) is 12.7. The fourth-order valence-corrected chi connectivity index (χ4v) is 2.27. The number of benzene rings is 2. The average molecular weight is 360 g/mol. The lowest BCUT2D eigenvalue weighted by Gasteiger charge is -2.16. The minimum atomic E-state index is -4.66. The molecule has 1 unspecified atom stereocenters. The van der Waals surface area contributed by atoms with E-state index in [1.807, 2.05) is 31.2 Å². The van der Waals surface area contributed by atoms with Crippen molar-refractivity contribution in [1.29, 1.82) is 0 Å². The van der Waals surface area contributed by atoms with Gasteiger partial charge in [-0.1, -0.05) is 34.1 Å². The molecule has 1 atom stereocenters. The molecule has 0 heterocycles. The molecule has 0 saturated carbocycles. The maximum absolute atomic E-state index is 12.1. The maximum atomic E-state index is 12.1. The third-order valence-electron chi connectivity index (χ3n) is 2.82. The molecular formula is C15H13BrF3NO. The van der Waals surface area contributed by atoms with E-state index in [1.165, 1.54) is 12.1 Å². The van der Waals surface area contributed by atoms with Gasteiger partial charge in [0.15, 0.2) is 0 Å². The van der Waals surface area contributed by atoms with Crippen LogP contribution >= 0.6 is 15.9 Å². The molecule has 0 bridgehead atoms. The van der Waals surface area contributed by atoms with Crippen molar-refractivity contribution in [1.82, 2.24) is 0 Å². The van der Waals surface area contributed by atoms with Crippen LogP contribution in [0, 0.1) is 0 Å². The summed E-state index contributed by atoms with van der Waals surface area (Å²) in [5.74, 6) is -0.221. The molecule has 0 saturated heterocycles. The first-order chi connectivity index (χ1) is 9.83. The van der Waals surface area contributed by atoms with Gasteiger partial charge in [-0.2, -0.15) is 0 Å². The second kappa shape index (κ2) is 6.39. The van der Waals surface area contributed by atoms with Gasteiger partial charge in [0.1, 0.15) is 5.75 Å². The van der Waals surface area contributed by atoms with Crippen molar-refractivity contribution in [3.8, 4) is 5.75 Å². The number of hydrogen-bond donors (Lipinski definition) is 1. The molecule has 2 aromatic rings. The first kappa shape index (κ1) is 15.7. The molecule has 0 aliphatic rings. The highest BCUT2D eigenvalue weighted by molar-refractivity contribution is 9.10. The van der Waals surface area contributed by atoms with Gasteiger partial charge in [-0.05, 0) is 42.8 Å². The number of hydrogen-bond acceptors (Lipinski definition) is 2. The van der Waals surface area contributed by atoms with E-state index in [1.54, 1.807) is 12.1 Å². The van der Waals surface area contributed by atoms with Crippen LogP contribution in [0.15, 0.2) is 53.0 Å². The Morgan fingerprint density at radius 3 is 2.33 bits per heavy atom. The van der Waals surface area contributed by atoms with Crippen LogP contribution in [0.2, 0.25) is 0 Å². The molecule has 21 heavy (non-hydrogen) atoms. The van der Waals surface area contributed by atoms with Gasteiger partial charge in [0, 0.05) is 16.2 Å². The van der Waals surface area contributed by atoms with E-state index < -0.39 is 6.36 Å². The number of anilines is 1. The maximum Gasteiger partial charge on any atom is 0.573 e. The Morgan fingerprint density at radius 1 is 1.10 bits per heavy atom. The summed E-state index contributed by atoms with van der Waals surface area (Å²) < 4.78 is 41.1. The highest BCUT2D eigenvalue weighted by atomic mass is 79.9. The molecule has 0 radical (unpaired) electrons. The van der Waals surface area contributed by atoms with Gasteiger partial charge in [0.05, 0.1) is 0 Å². The van der Waals surface area contributed by atoms with Crippen LogP contribution in [-0.2, 0) is 0 Å². The van der Waals surface area contributed by atoms with E-state index in [0.717, 1.165) is 15.7 Å². The zero-order valence-electron chi connectivity index (χ0n) is 11.1. The van der Waals surface area contributed by atoms with Crippen LogP contribution in [0.5, 0.6) is 5.75 Å². The predicted octanol–water partition coefficient (Wildman–Crippen LogP) is 5.52. The Kier molecular flexibility index (Phi) is 4.77. The van der Waals surface area contributed by atoms with Crippen molar-refractivity contribution < 1.29 is 17.9 Å². The third-order valence-corrected chi connectivity index (χ3v) is 3.31. The first-order valence-corrected chi connectivity index (χ1v) is 7.00. The summed E-state index contributed by atoms with van der Waals surface area (Å²) in [6, 6.07) is 13.5. The molecule has 2 nitrogen and oxygen atoms in total. The standard InChI is InChI=1S/C15H13BrF3NO/c1-10(20-13-4-2-3-12(16)9-13)11-5-7-14(8-6-11)21-15(17,18)19/h2-10,20H,1H3. The highest BCUT2D eigenvalue weighted by Gasteiger charge is 2.30. The number of alkyl halides is 3. The molecule has 1 N–H and O–H groups in total. The summed E-state index contributed by atoms with van der Waals surface area (Å²) in [6.45, 7) is 1.93. The van der Waals surface area contributed by atoms with Crippen LogP contribution in [0.25, 0.3) is 0 Å². The molecule has 0 aromatic heterocycles. The minimum Gasteiger partial charge on any atom is -0.406 e. The summed E-state index contributed by atoms with van der Waals surface area (Å²) in [5.41, 5.74) is 1.79. The molecule has 2 aromatic carbocycles. The van der Waals surface area contributed by atoms with Crippen LogP contribution < -0.4 is 10.1 Å². The van der Waals surface area contributed by atoms with E-state index in [4.69, 9.17) is 0 Å². The topological polar surface area (TPSA) is 21.3 Å². The summed E-state index contributed by atoms with van der Waals surface area (Å²) in [7, 11) is 0.